The van der Waals surface area contributed by atoms with Crippen LogP contribution >= 0.6 is 23.2 Å². The van der Waals surface area contributed by atoms with E-state index in [1.54, 1.807) is 18.2 Å². The van der Waals surface area contributed by atoms with Gasteiger partial charge in [0.15, 0.2) is 6.61 Å². The fraction of sp³-hybridized carbons (Fsp3) is 0.481. The normalized spacial score (nSPS) is 12.4. The molecule has 1 atom stereocenters. The lowest BCUT2D eigenvalue weighted by Gasteiger charge is -2.31. The Hall–Kier alpha value is -2.24. The monoisotopic (exact) mass is 506 g/mol. The molecule has 0 aromatic heterocycles. The molecule has 0 aliphatic rings. The van der Waals surface area contributed by atoms with Gasteiger partial charge < -0.3 is 15.0 Å². The molecule has 0 aliphatic carbocycles. The van der Waals surface area contributed by atoms with Crippen molar-refractivity contribution in [2.75, 3.05) is 13.2 Å². The summed E-state index contributed by atoms with van der Waals surface area (Å²) in [4.78, 5) is 28.0. The van der Waals surface area contributed by atoms with E-state index in [-0.39, 0.29) is 30.4 Å². The Labute approximate surface area is 213 Å². The molecule has 0 bridgehead atoms. The van der Waals surface area contributed by atoms with E-state index in [0.717, 1.165) is 5.56 Å². The maximum atomic E-state index is 13.5. The van der Waals surface area contributed by atoms with Crippen LogP contribution < -0.4 is 10.1 Å². The predicted molar refractivity (Wildman–Crippen MR) is 140 cm³/mol. The van der Waals surface area contributed by atoms with Gasteiger partial charge in [0.1, 0.15) is 11.8 Å². The standard InChI is InChI=1S/C27H36Cl2N2O3/c1-7-23(26(33)30-15-18(2)3)31(16-19-21(28)12-10-13-22(19)29)25(32)17-34-24-14-9-8-11-20(24)27(4,5)6/h8-14,18,23H,7,15-17H2,1-6H3,(H,30,33)/t23-/m1/s1. The SMILES string of the molecule is CC[C@H](C(=O)NCC(C)C)N(Cc1c(Cl)cccc1Cl)C(=O)COc1ccccc1C(C)(C)C. The minimum atomic E-state index is -0.681. The number of para-hydroxylation sites is 1. The summed E-state index contributed by atoms with van der Waals surface area (Å²) in [5.74, 6) is 0.422. The second kappa shape index (κ2) is 12.5. The van der Waals surface area contributed by atoms with E-state index in [4.69, 9.17) is 27.9 Å². The molecule has 2 aromatic rings. The molecule has 0 fully saturated rings. The van der Waals surface area contributed by atoms with E-state index in [0.29, 0.717) is 40.2 Å². The molecule has 0 saturated heterocycles. The van der Waals surface area contributed by atoms with Crippen molar-refractivity contribution in [3.05, 3.63) is 63.6 Å². The quantitative estimate of drug-likeness (QED) is 0.414. The highest BCUT2D eigenvalue weighted by atomic mass is 35.5. The summed E-state index contributed by atoms with van der Waals surface area (Å²) in [5, 5.41) is 3.84. The highest BCUT2D eigenvalue weighted by molar-refractivity contribution is 6.36. The second-order valence-corrected chi connectivity index (χ2v) is 10.6. The van der Waals surface area contributed by atoms with Gasteiger partial charge in [0, 0.05) is 28.7 Å². The van der Waals surface area contributed by atoms with Gasteiger partial charge in [-0.25, -0.2) is 0 Å². The first-order chi connectivity index (χ1) is 16.0. The van der Waals surface area contributed by atoms with Crippen LogP contribution in [-0.4, -0.2) is 35.9 Å². The minimum absolute atomic E-state index is 0.106. The number of amides is 2. The minimum Gasteiger partial charge on any atom is -0.483 e. The van der Waals surface area contributed by atoms with E-state index in [1.165, 1.54) is 4.90 Å². The van der Waals surface area contributed by atoms with Crippen LogP contribution in [0.1, 0.15) is 59.1 Å². The first-order valence-electron chi connectivity index (χ1n) is 11.7. The lowest BCUT2D eigenvalue weighted by molar-refractivity contribution is -0.143. The highest BCUT2D eigenvalue weighted by Gasteiger charge is 2.30. The topological polar surface area (TPSA) is 58.6 Å². The van der Waals surface area contributed by atoms with Gasteiger partial charge in [0.05, 0.1) is 0 Å². The summed E-state index contributed by atoms with van der Waals surface area (Å²) in [6.07, 6.45) is 0.441. The largest absolute Gasteiger partial charge is 0.483 e. The first-order valence-corrected chi connectivity index (χ1v) is 12.4. The average molecular weight is 508 g/mol. The van der Waals surface area contributed by atoms with Crippen molar-refractivity contribution in [2.45, 2.75) is 66.0 Å². The van der Waals surface area contributed by atoms with Crippen LogP contribution in [0.5, 0.6) is 5.75 Å². The van der Waals surface area contributed by atoms with E-state index >= 15 is 0 Å². The molecule has 0 saturated carbocycles. The number of ether oxygens (including phenoxy) is 1. The molecule has 0 heterocycles. The van der Waals surface area contributed by atoms with Crippen LogP contribution in [0.25, 0.3) is 0 Å². The van der Waals surface area contributed by atoms with Gasteiger partial charge in [-0.05, 0) is 41.5 Å². The Balaban J connectivity index is 2.33. The third kappa shape index (κ3) is 7.64. The van der Waals surface area contributed by atoms with Gasteiger partial charge in [0.25, 0.3) is 5.91 Å². The molecule has 2 aromatic carbocycles. The molecule has 0 unspecified atom stereocenters. The Kier molecular flexibility index (Phi) is 10.3. The van der Waals surface area contributed by atoms with Gasteiger partial charge in [-0.2, -0.15) is 0 Å². The number of hydrogen-bond donors (Lipinski definition) is 1. The third-order valence-electron chi connectivity index (χ3n) is 5.51. The van der Waals surface area contributed by atoms with E-state index in [9.17, 15) is 9.59 Å². The van der Waals surface area contributed by atoms with Crippen LogP contribution in [0.4, 0.5) is 0 Å². The number of nitrogens with zero attached hydrogens (tertiary/aromatic N) is 1. The van der Waals surface area contributed by atoms with Crippen molar-refractivity contribution in [1.82, 2.24) is 10.2 Å². The molecule has 34 heavy (non-hydrogen) atoms. The summed E-state index contributed by atoms with van der Waals surface area (Å²) in [7, 11) is 0. The zero-order valence-corrected chi connectivity index (χ0v) is 22.5. The molecule has 0 aliphatic heterocycles. The number of benzene rings is 2. The number of carbonyl (C=O) groups is 2. The summed E-state index contributed by atoms with van der Waals surface area (Å²) in [6, 6.07) is 12.2. The Bertz CT molecular complexity index is 966. The molecule has 5 nitrogen and oxygen atoms in total. The van der Waals surface area contributed by atoms with Crippen molar-refractivity contribution in [3.63, 3.8) is 0 Å². The molecule has 2 amide bonds. The molecular weight excluding hydrogens is 471 g/mol. The number of halogens is 2. The van der Waals surface area contributed by atoms with Crippen molar-refractivity contribution in [1.29, 1.82) is 0 Å². The van der Waals surface area contributed by atoms with Crippen molar-refractivity contribution >= 4 is 35.0 Å². The van der Waals surface area contributed by atoms with Crippen molar-refractivity contribution in [3.8, 4) is 5.75 Å². The Morgan fingerprint density at radius 2 is 1.65 bits per heavy atom. The maximum absolute atomic E-state index is 13.5. The van der Waals surface area contributed by atoms with E-state index in [1.807, 2.05) is 45.0 Å². The van der Waals surface area contributed by atoms with Crippen LogP contribution in [0.2, 0.25) is 10.0 Å². The number of rotatable bonds is 10. The van der Waals surface area contributed by atoms with Crippen molar-refractivity contribution in [2.24, 2.45) is 5.92 Å². The van der Waals surface area contributed by atoms with Crippen LogP contribution in [0, 0.1) is 5.92 Å². The number of carbonyl (C=O) groups excluding carboxylic acids is 2. The molecule has 7 heteroatoms. The average Bonchev–Trinajstić information content (AvgIpc) is 2.77. The lowest BCUT2D eigenvalue weighted by atomic mass is 9.86. The molecular formula is C27H36Cl2N2O3. The Morgan fingerprint density at radius 1 is 1.03 bits per heavy atom. The van der Waals surface area contributed by atoms with Crippen LogP contribution in [0.3, 0.4) is 0 Å². The molecule has 186 valence electrons. The second-order valence-electron chi connectivity index (χ2n) is 9.82. The number of nitrogens with one attached hydrogen (secondary N) is 1. The molecule has 0 radical (unpaired) electrons. The van der Waals surface area contributed by atoms with Gasteiger partial charge in [0.2, 0.25) is 5.91 Å². The first kappa shape index (κ1) is 28.0. The molecule has 0 spiro atoms. The van der Waals surface area contributed by atoms with Crippen LogP contribution in [0.15, 0.2) is 42.5 Å². The van der Waals surface area contributed by atoms with E-state index in [2.05, 4.69) is 26.1 Å². The molecule has 2 rings (SSSR count). The van der Waals surface area contributed by atoms with Crippen LogP contribution in [-0.2, 0) is 21.5 Å². The Morgan fingerprint density at radius 3 is 2.21 bits per heavy atom. The van der Waals surface area contributed by atoms with Gasteiger partial charge >= 0.3 is 0 Å². The zero-order valence-electron chi connectivity index (χ0n) is 21.0. The van der Waals surface area contributed by atoms with Gasteiger partial charge in [-0.3, -0.25) is 9.59 Å². The van der Waals surface area contributed by atoms with E-state index < -0.39 is 6.04 Å². The lowest BCUT2D eigenvalue weighted by Crippen LogP contribution is -2.50. The summed E-state index contributed by atoms with van der Waals surface area (Å²) in [5.41, 5.74) is 1.46. The summed E-state index contributed by atoms with van der Waals surface area (Å²) in [6.45, 7) is 12.6. The zero-order chi connectivity index (χ0) is 25.5. The molecule has 1 N–H and O–H groups in total. The van der Waals surface area contributed by atoms with Gasteiger partial charge in [-0.15, -0.1) is 0 Å². The fourth-order valence-electron chi connectivity index (χ4n) is 3.63. The maximum Gasteiger partial charge on any atom is 0.261 e. The third-order valence-corrected chi connectivity index (χ3v) is 6.22. The van der Waals surface area contributed by atoms with Gasteiger partial charge in [-0.1, -0.05) is 89.0 Å². The predicted octanol–water partition coefficient (Wildman–Crippen LogP) is 6.25. The highest BCUT2D eigenvalue weighted by Crippen LogP contribution is 2.31. The van der Waals surface area contributed by atoms with Crippen molar-refractivity contribution < 1.29 is 14.3 Å². The smallest absolute Gasteiger partial charge is 0.261 e. The fourth-order valence-corrected chi connectivity index (χ4v) is 4.15. The summed E-state index contributed by atoms with van der Waals surface area (Å²) < 4.78 is 5.99. The summed E-state index contributed by atoms with van der Waals surface area (Å²) >= 11 is 12.8. The number of hydrogen-bond acceptors (Lipinski definition) is 3.